The van der Waals surface area contributed by atoms with Crippen molar-refractivity contribution in [2.45, 2.75) is 6.92 Å². The average molecular weight is 231 g/mol. The predicted molar refractivity (Wildman–Crippen MR) is 27.7 cm³/mol. The number of carbonyl (C=O) groups excluding carboxylic acids is 1. The average Bonchev–Trinajstić information content (AvgIpc) is 1.64. The van der Waals surface area contributed by atoms with E-state index in [2.05, 4.69) is 0 Å². The van der Waals surface area contributed by atoms with E-state index in [1.165, 1.54) is 6.92 Å². The molecule has 0 aromatic rings. The van der Waals surface area contributed by atoms with Crippen LogP contribution in [0.5, 0.6) is 0 Å². The van der Waals surface area contributed by atoms with Gasteiger partial charge < -0.3 is 0 Å². The van der Waals surface area contributed by atoms with Crippen molar-refractivity contribution in [1.29, 1.82) is 0 Å². The van der Waals surface area contributed by atoms with Crippen LogP contribution in [-0.2, 0) is 4.79 Å². The van der Waals surface area contributed by atoms with Crippen LogP contribution in [-0.4, -0.2) is 42.8 Å². The number of hydrogen-bond donors (Lipinski definition) is 1. The summed E-state index contributed by atoms with van der Waals surface area (Å²) in [4.78, 5) is 20.0. The van der Waals surface area contributed by atoms with E-state index in [9.17, 15) is 9.59 Å². The first-order chi connectivity index (χ1) is 3.55. The first kappa shape index (κ1) is 7.73. The third kappa shape index (κ3) is 2.15. The van der Waals surface area contributed by atoms with Gasteiger partial charge in [0.15, 0.2) is 0 Å². The Balaban J connectivity index is 3.83. The van der Waals surface area contributed by atoms with Gasteiger partial charge in [-0.25, -0.2) is 0 Å². The van der Waals surface area contributed by atoms with Crippen LogP contribution in [0.1, 0.15) is 6.92 Å². The van der Waals surface area contributed by atoms with Crippen LogP contribution >= 0.6 is 0 Å². The number of carboxylic acid groups (broad SMARTS) is 1. The second-order valence-electron chi connectivity index (χ2n) is 1.11. The summed E-state index contributed by atoms with van der Waals surface area (Å²) in [5, 5.41) is 8.07. The summed E-state index contributed by atoms with van der Waals surface area (Å²) in [6.07, 6.45) is -1.20. The second kappa shape index (κ2) is 2.90. The van der Waals surface area contributed by atoms with Crippen LogP contribution in [0.4, 0.5) is 4.79 Å². The Kier molecular flexibility index (Phi) is 2.80. The first-order valence-electron chi connectivity index (χ1n) is 1.78. The predicted octanol–water partition coefficient (Wildman–Crippen LogP) is -0.671. The zero-order valence-corrected chi connectivity index (χ0v) is 6.71. The van der Waals surface area contributed by atoms with Crippen LogP contribution in [0.15, 0.2) is 0 Å². The van der Waals surface area contributed by atoms with Crippen molar-refractivity contribution in [2.24, 2.45) is 0 Å². The second-order valence-corrected chi connectivity index (χ2v) is 2.26. The topological polar surface area (TPSA) is 57.6 Å². The van der Waals surface area contributed by atoms with Crippen LogP contribution in [0.2, 0.25) is 0 Å². The van der Waals surface area contributed by atoms with Crippen molar-refractivity contribution in [1.82, 2.24) is 3.15 Å². The summed E-state index contributed by atoms with van der Waals surface area (Å²) in [7, 11) is 0. The molecular formula is C3H5NO3Te. The third-order valence-corrected chi connectivity index (χ3v) is 1.77. The minimum atomic E-state index is -1.20. The van der Waals surface area contributed by atoms with E-state index in [-0.39, 0.29) is 0 Å². The van der Waals surface area contributed by atoms with E-state index in [0.717, 1.165) is 22.6 Å². The standard InChI is InChI=1S/C3H5NO3Te/c1-2(5)4(8)3(6)7/h8H,1H3,(H,6,7). The molecule has 0 bridgehead atoms. The Labute approximate surface area is 59.7 Å². The van der Waals surface area contributed by atoms with Crippen LogP contribution in [0.25, 0.3) is 0 Å². The van der Waals surface area contributed by atoms with Crippen molar-refractivity contribution in [3.05, 3.63) is 0 Å². The fourth-order valence-corrected chi connectivity index (χ4v) is 0.135. The van der Waals surface area contributed by atoms with Gasteiger partial charge in [0.2, 0.25) is 0 Å². The summed E-state index contributed by atoms with van der Waals surface area (Å²) < 4.78 is 0.661. The molecule has 1 N–H and O–H groups in total. The van der Waals surface area contributed by atoms with Crippen molar-refractivity contribution in [3.63, 3.8) is 0 Å². The number of nitrogens with zero attached hydrogens (tertiary/aromatic N) is 1. The molecule has 0 fully saturated rings. The molecule has 0 heterocycles. The number of carbonyl (C=O) groups is 2. The monoisotopic (exact) mass is 233 g/mol. The van der Waals surface area contributed by atoms with E-state index < -0.39 is 12.0 Å². The summed E-state index contributed by atoms with van der Waals surface area (Å²) in [6.45, 7) is 1.20. The Morgan fingerprint density at radius 1 is 1.62 bits per heavy atom. The Morgan fingerprint density at radius 2 is 2.00 bits per heavy atom. The van der Waals surface area contributed by atoms with Gasteiger partial charge in [0.1, 0.15) is 0 Å². The molecule has 0 atom stereocenters. The molecule has 0 aromatic heterocycles. The third-order valence-electron chi connectivity index (χ3n) is 0.479. The van der Waals surface area contributed by atoms with Gasteiger partial charge in [-0.2, -0.15) is 0 Å². The van der Waals surface area contributed by atoms with Crippen LogP contribution in [0.3, 0.4) is 0 Å². The number of hydrogen-bond acceptors (Lipinski definition) is 2. The molecule has 0 unspecified atom stereocenters. The molecule has 4 nitrogen and oxygen atoms in total. The molecule has 8 heavy (non-hydrogen) atoms. The Morgan fingerprint density at radius 3 is 2.00 bits per heavy atom. The minimum absolute atomic E-state index is 0.452. The SMILES string of the molecule is CC(=O)N([TeH])C(=O)O. The zero-order chi connectivity index (χ0) is 6.73. The van der Waals surface area contributed by atoms with Crippen molar-refractivity contribution < 1.29 is 14.7 Å². The Hall–Kier alpha value is -0.270. The maximum atomic E-state index is 10.1. The molecule has 0 aliphatic carbocycles. The summed E-state index contributed by atoms with van der Waals surface area (Å²) in [5.74, 6) is -0.452. The Bertz CT molecular complexity index is 110. The van der Waals surface area contributed by atoms with Gasteiger partial charge in [-0.15, -0.1) is 0 Å². The molecular weight excluding hydrogens is 226 g/mol. The maximum absolute atomic E-state index is 10.1. The molecule has 2 amide bonds. The zero-order valence-electron chi connectivity index (χ0n) is 4.16. The van der Waals surface area contributed by atoms with Crippen molar-refractivity contribution in [3.8, 4) is 0 Å². The number of imide groups is 1. The summed E-state index contributed by atoms with van der Waals surface area (Å²) in [5.41, 5.74) is 0. The van der Waals surface area contributed by atoms with Crippen LogP contribution < -0.4 is 0 Å². The van der Waals surface area contributed by atoms with Gasteiger partial charge in [-0.1, -0.05) is 0 Å². The van der Waals surface area contributed by atoms with Gasteiger partial charge >= 0.3 is 59.3 Å². The normalized spacial score (nSPS) is 8.25. The molecule has 0 aliphatic rings. The van der Waals surface area contributed by atoms with Gasteiger partial charge in [0, 0.05) is 0 Å². The van der Waals surface area contributed by atoms with E-state index >= 15 is 0 Å². The number of rotatable bonds is 0. The van der Waals surface area contributed by atoms with Gasteiger partial charge in [0.05, 0.1) is 0 Å². The van der Waals surface area contributed by atoms with Crippen molar-refractivity contribution >= 4 is 34.6 Å². The van der Waals surface area contributed by atoms with Gasteiger partial charge in [-0.05, 0) is 0 Å². The quantitative estimate of drug-likeness (QED) is 0.562. The number of amides is 2. The van der Waals surface area contributed by atoms with Crippen molar-refractivity contribution in [2.75, 3.05) is 0 Å². The molecule has 46 valence electrons. The van der Waals surface area contributed by atoms with Gasteiger partial charge in [0.25, 0.3) is 0 Å². The summed E-state index contributed by atoms with van der Waals surface area (Å²) >= 11 is 0.855. The summed E-state index contributed by atoms with van der Waals surface area (Å²) in [6, 6.07) is 0. The molecule has 0 spiro atoms. The fraction of sp³-hybridized carbons (Fsp3) is 0.333. The first-order valence-corrected chi connectivity index (χ1v) is 2.92. The molecule has 0 radical (unpaired) electrons. The molecule has 0 aliphatic heterocycles. The molecule has 0 saturated carbocycles. The fourth-order valence-electron chi connectivity index (χ4n) is 0.135. The molecule has 0 aromatic carbocycles. The molecule has 0 rings (SSSR count). The van der Waals surface area contributed by atoms with E-state index in [4.69, 9.17) is 5.11 Å². The molecule has 0 saturated heterocycles. The van der Waals surface area contributed by atoms with E-state index in [1.54, 1.807) is 0 Å². The molecule has 5 heteroatoms. The van der Waals surface area contributed by atoms with E-state index in [1.807, 2.05) is 0 Å². The van der Waals surface area contributed by atoms with Gasteiger partial charge in [-0.3, -0.25) is 0 Å². The van der Waals surface area contributed by atoms with E-state index in [0.29, 0.717) is 3.15 Å². The van der Waals surface area contributed by atoms with Crippen LogP contribution in [0, 0.1) is 0 Å².